The van der Waals surface area contributed by atoms with Gasteiger partial charge in [0.15, 0.2) is 6.19 Å². The number of thiophene rings is 1. The zero-order chi connectivity index (χ0) is 13.7. The number of aromatic nitrogens is 2. The molecule has 0 unspecified atom stereocenters. The van der Waals surface area contributed by atoms with E-state index < -0.39 is 0 Å². The van der Waals surface area contributed by atoms with Gasteiger partial charge in [-0.05, 0) is 34.5 Å². The first kappa shape index (κ1) is 13.8. The summed E-state index contributed by atoms with van der Waals surface area (Å²) in [4.78, 5) is 10.9. The first-order valence-electron chi connectivity index (χ1n) is 5.62. The highest BCUT2D eigenvalue weighted by atomic mass is 79.9. The van der Waals surface area contributed by atoms with Crippen LogP contribution in [0.1, 0.15) is 4.88 Å². The summed E-state index contributed by atoms with van der Waals surface area (Å²) >= 11 is 5.17. The lowest BCUT2D eigenvalue weighted by molar-refractivity contribution is 1.01. The maximum atomic E-state index is 8.80. The lowest BCUT2D eigenvalue weighted by Gasteiger charge is -2.09. The van der Waals surface area contributed by atoms with Crippen LogP contribution in [0.2, 0.25) is 0 Å². The van der Waals surface area contributed by atoms with Crippen LogP contribution in [0.4, 0.5) is 11.6 Å². The summed E-state index contributed by atoms with van der Waals surface area (Å²) in [6.07, 6.45) is 4.39. The first-order valence-corrected chi connectivity index (χ1v) is 7.23. The third kappa shape index (κ3) is 3.91. The van der Waals surface area contributed by atoms with Gasteiger partial charge in [-0.25, -0.2) is 9.97 Å². The van der Waals surface area contributed by atoms with E-state index in [1.165, 1.54) is 16.1 Å². The predicted molar refractivity (Wildman–Crippen MR) is 80.3 cm³/mol. The number of rotatable bonds is 5. The number of hydrogen-bond acceptors (Lipinski definition) is 6. The Kier molecular flexibility index (Phi) is 4.71. The average Bonchev–Trinajstić information content (AvgIpc) is 2.84. The summed E-state index contributed by atoms with van der Waals surface area (Å²) in [5.41, 5.74) is 0. The third-order valence-electron chi connectivity index (χ3n) is 2.45. The van der Waals surface area contributed by atoms with Gasteiger partial charge in [-0.3, -0.25) is 4.90 Å². The molecular weight excluding hydrogens is 326 g/mol. The van der Waals surface area contributed by atoms with Gasteiger partial charge >= 0.3 is 0 Å². The first-order chi connectivity index (χ1) is 9.19. The molecule has 1 N–H and O–H groups in total. The number of nitriles is 1. The molecule has 0 saturated heterocycles. The van der Waals surface area contributed by atoms with Gasteiger partial charge in [-0.2, -0.15) is 5.26 Å². The summed E-state index contributed by atoms with van der Waals surface area (Å²) in [6, 6.07) is 5.91. The molecule has 0 bridgehead atoms. The van der Waals surface area contributed by atoms with E-state index in [1.807, 2.05) is 12.3 Å². The Balaban J connectivity index is 1.91. The molecule has 0 aliphatic carbocycles. The lowest BCUT2D eigenvalue weighted by atomic mass is 10.3. The zero-order valence-electron chi connectivity index (χ0n) is 10.3. The summed E-state index contributed by atoms with van der Waals surface area (Å²) in [5, 5.41) is 12.0. The Morgan fingerprint density at radius 2 is 2.32 bits per heavy atom. The van der Waals surface area contributed by atoms with E-state index in [0.29, 0.717) is 5.82 Å². The van der Waals surface area contributed by atoms with E-state index in [9.17, 15) is 0 Å². The Bertz CT molecular complexity index is 592. The van der Waals surface area contributed by atoms with Crippen LogP contribution in [0.5, 0.6) is 0 Å². The standard InChI is InChI=1S/C12H12BrN5S/c1-18(7-14)12-6-11(16-8-17-12)15-5-4-9-2-3-10(13)19-9/h2-3,6,8H,4-5H2,1H3,(H,15,16,17). The molecule has 0 radical (unpaired) electrons. The van der Waals surface area contributed by atoms with Crippen LogP contribution in [0.25, 0.3) is 0 Å². The van der Waals surface area contributed by atoms with Crippen molar-refractivity contribution < 1.29 is 0 Å². The second kappa shape index (κ2) is 6.50. The summed E-state index contributed by atoms with van der Waals surface area (Å²) in [6.45, 7) is 0.791. The second-order valence-electron chi connectivity index (χ2n) is 3.80. The minimum absolute atomic E-state index is 0.582. The molecule has 0 saturated carbocycles. The molecular formula is C12H12BrN5S. The minimum atomic E-state index is 0.582. The van der Waals surface area contributed by atoms with Crippen LogP contribution < -0.4 is 10.2 Å². The normalized spacial score (nSPS) is 9.95. The maximum Gasteiger partial charge on any atom is 0.185 e. The van der Waals surface area contributed by atoms with Gasteiger partial charge in [0.25, 0.3) is 0 Å². The van der Waals surface area contributed by atoms with Crippen molar-refractivity contribution in [1.82, 2.24) is 9.97 Å². The molecule has 0 aliphatic rings. The predicted octanol–water partition coefficient (Wildman–Crippen LogP) is 2.87. The van der Waals surface area contributed by atoms with Crippen LogP contribution in [-0.4, -0.2) is 23.6 Å². The van der Waals surface area contributed by atoms with E-state index in [1.54, 1.807) is 24.5 Å². The maximum absolute atomic E-state index is 8.80. The molecule has 0 spiro atoms. The van der Waals surface area contributed by atoms with Crippen molar-refractivity contribution in [3.8, 4) is 6.19 Å². The number of anilines is 2. The molecule has 0 aliphatic heterocycles. The van der Waals surface area contributed by atoms with Gasteiger partial charge in [0.2, 0.25) is 0 Å². The molecule has 0 amide bonds. The largest absolute Gasteiger partial charge is 0.370 e. The Morgan fingerprint density at radius 3 is 3.00 bits per heavy atom. The van der Waals surface area contributed by atoms with E-state index in [2.05, 4.69) is 37.3 Å². The van der Waals surface area contributed by atoms with E-state index >= 15 is 0 Å². The number of nitrogens with one attached hydrogen (secondary N) is 1. The molecule has 19 heavy (non-hydrogen) atoms. The van der Waals surface area contributed by atoms with Gasteiger partial charge in [0, 0.05) is 24.5 Å². The number of halogens is 1. The molecule has 2 aromatic rings. The van der Waals surface area contributed by atoms with Crippen molar-refractivity contribution in [2.75, 3.05) is 23.8 Å². The molecule has 0 atom stereocenters. The highest BCUT2D eigenvalue weighted by Gasteiger charge is 2.03. The highest BCUT2D eigenvalue weighted by molar-refractivity contribution is 9.11. The SMILES string of the molecule is CN(C#N)c1cc(NCCc2ccc(Br)s2)ncn1. The van der Waals surface area contributed by atoms with E-state index in [-0.39, 0.29) is 0 Å². The average molecular weight is 338 g/mol. The van der Waals surface area contributed by atoms with Gasteiger partial charge in [-0.1, -0.05) is 0 Å². The van der Waals surface area contributed by atoms with Crippen molar-refractivity contribution in [3.05, 3.63) is 33.2 Å². The molecule has 5 nitrogen and oxygen atoms in total. The van der Waals surface area contributed by atoms with Crippen molar-refractivity contribution >= 4 is 38.9 Å². The molecule has 2 heterocycles. The highest BCUT2D eigenvalue weighted by Crippen LogP contribution is 2.22. The van der Waals surface area contributed by atoms with Crippen molar-refractivity contribution in [2.45, 2.75) is 6.42 Å². The van der Waals surface area contributed by atoms with Gasteiger partial charge in [0.1, 0.15) is 18.0 Å². The van der Waals surface area contributed by atoms with Gasteiger partial charge < -0.3 is 5.32 Å². The minimum Gasteiger partial charge on any atom is -0.370 e. The van der Waals surface area contributed by atoms with Crippen LogP contribution >= 0.6 is 27.3 Å². The third-order valence-corrected chi connectivity index (χ3v) is 4.14. The molecule has 98 valence electrons. The van der Waals surface area contributed by atoms with Gasteiger partial charge in [-0.15, -0.1) is 11.3 Å². The topological polar surface area (TPSA) is 64.8 Å². The molecule has 0 fully saturated rings. The van der Waals surface area contributed by atoms with Crippen LogP contribution in [0, 0.1) is 11.5 Å². The van der Waals surface area contributed by atoms with E-state index in [0.717, 1.165) is 22.6 Å². The fourth-order valence-electron chi connectivity index (χ4n) is 1.48. The fraction of sp³-hybridized carbons (Fsp3) is 0.250. The molecule has 2 aromatic heterocycles. The Morgan fingerprint density at radius 1 is 1.47 bits per heavy atom. The van der Waals surface area contributed by atoms with E-state index in [4.69, 9.17) is 5.26 Å². The Labute approximate surface area is 124 Å². The number of nitrogens with zero attached hydrogens (tertiary/aromatic N) is 4. The van der Waals surface area contributed by atoms with Crippen molar-refractivity contribution in [2.24, 2.45) is 0 Å². The molecule has 0 aromatic carbocycles. The summed E-state index contributed by atoms with van der Waals surface area (Å²) in [5.74, 6) is 1.31. The van der Waals surface area contributed by atoms with Crippen LogP contribution in [0.3, 0.4) is 0 Å². The van der Waals surface area contributed by atoms with Crippen molar-refractivity contribution in [1.29, 1.82) is 5.26 Å². The fourth-order valence-corrected chi connectivity index (χ4v) is 2.96. The van der Waals surface area contributed by atoms with Crippen LogP contribution in [0.15, 0.2) is 28.3 Å². The monoisotopic (exact) mass is 337 g/mol. The zero-order valence-corrected chi connectivity index (χ0v) is 12.7. The molecule has 7 heteroatoms. The van der Waals surface area contributed by atoms with Gasteiger partial charge in [0.05, 0.1) is 3.79 Å². The smallest absolute Gasteiger partial charge is 0.185 e. The quantitative estimate of drug-likeness (QED) is 0.671. The number of hydrogen-bond donors (Lipinski definition) is 1. The Hall–Kier alpha value is -1.65. The lowest BCUT2D eigenvalue weighted by Crippen LogP contribution is -2.12. The molecule has 2 rings (SSSR count). The second-order valence-corrected chi connectivity index (χ2v) is 6.35. The summed E-state index contributed by atoms with van der Waals surface area (Å²) in [7, 11) is 1.66. The van der Waals surface area contributed by atoms with Crippen LogP contribution in [-0.2, 0) is 6.42 Å². The summed E-state index contributed by atoms with van der Waals surface area (Å²) < 4.78 is 1.14. The van der Waals surface area contributed by atoms with Crippen molar-refractivity contribution in [3.63, 3.8) is 0 Å².